The summed E-state index contributed by atoms with van der Waals surface area (Å²) < 4.78 is 5.19. The molecule has 1 rings (SSSR count). The van der Waals surface area contributed by atoms with Crippen molar-refractivity contribution in [1.29, 1.82) is 0 Å². The van der Waals surface area contributed by atoms with E-state index in [4.69, 9.17) is 10.5 Å². The lowest BCUT2D eigenvalue weighted by Crippen LogP contribution is -2.18. The monoisotopic (exact) mass is 207 g/mol. The second-order valence-corrected chi connectivity index (χ2v) is 4.11. The average molecular weight is 207 g/mol. The second-order valence-electron chi connectivity index (χ2n) is 4.11. The van der Waals surface area contributed by atoms with Gasteiger partial charge in [-0.1, -0.05) is 12.1 Å². The molecule has 1 unspecified atom stereocenters. The minimum atomic E-state index is 0.314. The van der Waals surface area contributed by atoms with Crippen LogP contribution >= 0.6 is 0 Å². The number of benzene rings is 1. The van der Waals surface area contributed by atoms with Gasteiger partial charge in [0, 0.05) is 19.6 Å². The molecule has 0 aliphatic heterocycles. The zero-order valence-corrected chi connectivity index (χ0v) is 10.1. The summed E-state index contributed by atoms with van der Waals surface area (Å²) in [6.07, 6.45) is 0. The summed E-state index contributed by atoms with van der Waals surface area (Å²) in [6, 6.07) is 4.34. The fourth-order valence-electron chi connectivity index (χ4n) is 1.91. The molecule has 1 aromatic carbocycles. The molecule has 2 heteroatoms. The molecule has 0 saturated carbocycles. The molecular weight excluding hydrogens is 186 g/mol. The van der Waals surface area contributed by atoms with Crippen molar-refractivity contribution in [2.45, 2.75) is 26.7 Å². The van der Waals surface area contributed by atoms with Crippen LogP contribution in [-0.4, -0.2) is 20.3 Å². The summed E-state index contributed by atoms with van der Waals surface area (Å²) in [5.41, 5.74) is 11.1. The molecule has 0 aliphatic carbocycles. The fraction of sp³-hybridized carbons (Fsp3) is 0.538. The van der Waals surface area contributed by atoms with Crippen LogP contribution in [0.3, 0.4) is 0 Å². The summed E-state index contributed by atoms with van der Waals surface area (Å²) >= 11 is 0. The van der Waals surface area contributed by atoms with Crippen molar-refractivity contribution in [3.8, 4) is 0 Å². The van der Waals surface area contributed by atoms with E-state index in [1.807, 2.05) is 0 Å². The lowest BCUT2D eigenvalue weighted by molar-refractivity contribution is 0.181. The van der Waals surface area contributed by atoms with Crippen LogP contribution in [0.15, 0.2) is 12.1 Å². The predicted molar refractivity (Wildman–Crippen MR) is 64.3 cm³/mol. The van der Waals surface area contributed by atoms with Gasteiger partial charge in [-0.15, -0.1) is 0 Å². The van der Waals surface area contributed by atoms with Crippen molar-refractivity contribution in [1.82, 2.24) is 0 Å². The van der Waals surface area contributed by atoms with Gasteiger partial charge in [0.15, 0.2) is 0 Å². The molecule has 0 fully saturated rings. The fourth-order valence-corrected chi connectivity index (χ4v) is 1.91. The maximum atomic E-state index is 5.77. The van der Waals surface area contributed by atoms with Crippen LogP contribution in [-0.2, 0) is 4.74 Å². The highest BCUT2D eigenvalue weighted by molar-refractivity contribution is 5.40. The maximum absolute atomic E-state index is 5.77. The van der Waals surface area contributed by atoms with Crippen molar-refractivity contribution < 1.29 is 4.74 Å². The highest BCUT2D eigenvalue weighted by Gasteiger charge is 2.13. The van der Waals surface area contributed by atoms with Gasteiger partial charge in [-0.05, 0) is 43.0 Å². The predicted octanol–water partition coefficient (Wildman–Crippen LogP) is 2.30. The third-order valence-corrected chi connectivity index (χ3v) is 3.19. The van der Waals surface area contributed by atoms with Crippen molar-refractivity contribution in [2.24, 2.45) is 5.73 Å². The molecule has 0 bridgehead atoms. The third kappa shape index (κ3) is 2.58. The number of ether oxygens (including phenoxy) is 1. The summed E-state index contributed by atoms with van der Waals surface area (Å²) in [6.45, 7) is 7.79. The van der Waals surface area contributed by atoms with Gasteiger partial charge in [0.2, 0.25) is 0 Å². The Hall–Kier alpha value is -0.860. The van der Waals surface area contributed by atoms with Crippen LogP contribution in [0.2, 0.25) is 0 Å². The molecule has 0 aliphatic rings. The van der Waals surface area contributed by atoms with Crippen molar-refractivity contribution in [3.05, 3.63) is 34.4 Å². The van der Waals surface area contributed by atoms with Gasteiger partial charge in [0.05, 0.1) is 6.61 Å². The topological polar surface area (TPSA) is 35.2 Å². The van der Waals surface area contributed by atoms with Gasteiger partial charge in [-0.3, -0.25) is 0 Å². The normalized spacial score (nSPS) is 12.9. The number of nitrogens with two attached hydrogens (primary N) is 1. The molecule has 0 saturated heterocycles. The van der Waals surface area contributed by atoms with E-state index in [0.717, 1.165) is 0 Å². The minimum Gasteiger partial charge on any atom is -0.384 e. The van der Waals surface area contributed by atoms with Gasteiger partial charge in [0.1, 0.15) is 0 Å². The summed E-state index contributed by atoms with van der Waals surface area (Å²) in [4.78, 5) is 0. The number of hydrogen-bond donors (Lipinski definition) is 1. The number of rotatable bonds is 4. The van der Waals surface area contributed by atoms with E-state index < -0.39 is 0 Å². The molecule has 84 valence electrons. The first-order chi connectivity index (χ1) is 7.11. The van der Waals surface area contributed by atoms with E-state index in [1.165, 1.54) is 22.3 Å². The zero-order valence-electron chi connectivity index (χ0n) is 10.1. The molecular formula is C13H21NO. The van der Waals surface area contributed by atoms with Crippen molar-refractivity contribution in [2.75, 3.05) is 20.3 Å². The Balaban J connectivity index is 3.07. The maximum Gasteiger partial charge on any atom is 0.0543 e. The Kier molecular flexibility index (Phi) is 4.30. The van der Waals surface area contributed by atoms with E-state index in [0.29, 0.717) is 19.1 Å². The van der Waals surface area contributed by atoms with Crippen LogP contribution in [0.5, 0.6) is 0 Å². The van der Waals surface area contributed by atoms with Crippen LogP contribution < -0.4 is 5.73 Å². The smallest absolute Gasteiger partial charge is 0.0543 e. The lowest BCUT2D eigenvalue weighted by atomic mass is 9.90. The molecule has 2 nitrogen and oxygen atoms in total. The zero-order chi connectivity index (χ0) is 11.4. The highest BCUT2D eigenvalue weighted by Crippen LogP contribution is 2.24. The van der Waals surface area contributed by atoms with Gasteiger partial charge in [-0.2, -0.15) is 0 Å². The third-order valence-electron chi connectivity index (χ3n) is 3.19. The molecule has 0 spiro atoms. The van der Waals surface area contributed by atoms with E-state index >= 15 is 0 Å². The van der Waals surface area contributed by atoms with Crippen LogP contribution in [0.1, 0.15) is 28.2 Å². The van der Waals surface area contributed by atoms with Crippen LogP contribution in [0, 0.1) is 20.8 Å². The summed E-state index contributed by atoms with van der Waals surface area (Å²) in [5.74, 6) is 0.314. The molecule has 15 heavy (non-hydrogen) atoms. The molecule has 0 heterocycles. The van der Waals surface area contributed by atoms with Gasteiger partial charge in [-0.25, -0.2) is 0 Å². The Bertz CT molecular complexity index is 334. The Morgan fingerprint density at radius 1 is 1.20 bits per heavy atom. The molecule has 0 aromatic heterocycles. The van der Waals surface area contributed by atoms with Gasteiger partial charge >= 0.3 is 0 Å². The molecule has 1 aromatic rings. The number of methoxy groups -OCH3 is 1. The largest absolute Gasteiger partial charge is 0.384 e. The standard InChI is InChI=1S/C13H21NO/c1-9-5-6-13(11(3)10(9)2)12(7-14)8-15-4/h5-6,12H,7-8,14H2,1-4H3. The number of hydrogen-bond acceptors (Lipinski definition) is 2. The first kappa shape index (κ1) is 12.2. The van der Waals surface area contributed by atoms with E-state index in [1.54, 1.807) is 7.11 Å². The van der Waals surface area contributed by atoms with Crippen LogP contribution in [0.4, 0.5) is 0 Å². The Morgan fingerprint density at radius 2 is 1.87 bits per heavy atom. The second kappa shape index (κ2) is 5.29. The molecule has 2 N–H and O–H groups in total. The summed E-state index contributed by atoms with van der Waals surface area (Å²) in [7, 11) is 1.72. The lowest BCUT2D eigenvalue weighted by Gasteiger charge is -2.19. The first-order valence-electron chi connectivity index (χ1n) is 5.37. The quantitative estimate of drug-likeness (QED) is 0.822. The Labute approximate surface area is 92.4 Å². The number of aryl methyl sites for hydroxylation is 1. The molecule has 0 radical (unpaired) electrons. The van der Waals surface area contributed by atoms with Crippen LogP contribution in [0.25, 0.3) is 0 Å². The highest BCUT2D eigenvalue weighted by atomic mass is 16.5. The molecule has 1 atom stereocenters. The van der Waals surface area contributed by atoms with Gasteiger partial charge < -0.3 is 10.5 Å². The van der Waals surface area contributed by atoms with E-state index in [2.05, 4.69) is 32.9 Å². The molecule has 0 amide bonds. The summed E-state index contributed by atoms with van der Waals surface area (Å²) in [5, 5.41) is 0. The SMILES string of the molecule is COCC(CN)c1ccc(C)c(C)c1C. The first-order valence-corrected chi connectivity index (χ1v) is 5.37. The minimum absolute atomic E-state index is 0.314. The van der Waals surface area contributed by atoms with E-state index in [9.17, 15) is 0 Å². The average Bonchev–Trinajstić information content (AvgIpc) is 2.24. The van der Waals surface area contributed by atoms with E-state index in [-0.39, 0.29) is 0 Å². The van der Waals surface area contributed by atoms with Crippen molar-refractivity contribution >= 4 is 0 Å². The Morgan fingerprint density at radius 3 is 2.40 bits per heavy atom. The van der Waals surface area contributed by atoms with Crippen molar-refractivity contribution in [3.63, 3.8) is 0 Å². The van der Waals surface area contributed by atoms with Gasteiger partial charge in [0.25, 0.3) is 0 Å².